The number of ether oxygens (including phenoxy) is 1. The normalized spacial score (nSPS) is 15.3. The monoisotopic (exact) mass is 453 g/mol. The zero-order valence-corrected chi connectivity index (χ0v) is 19.6. The summed E-state index contributed by atoms with van der Waals surface area (Å²) in [5, 5.41) is 0. The molecule has 2 aliphatic rings. The Morgan fingerprint density at radius 2 is 1.59 bits per heavy atom. The molecule has 6 nitrogen and oxygen atoms in total. The van der Waals surface area contributed by atoms with Crippen LogP contribution in [-0.2, 0) is 16.0 Å². The van der Waals surface area contributed by atoms with Crippen molar-refractivity contribution in [3.8, 4) is 5.75 Å². The Kier molecular flexibility index (Phi) is 5.57. The summed E-state index contributed by atoms with van der Waals surface area (Å²) in [6, 6.07) is 22.9. The summed E-state index contributed by atoms with van der Waals surface area (Å²) >= 11 is 0. The minimum Gasteiger partial charge on any atom is -0.494 e. The molecule has 0 bridgehead atoms. The lowest BCUT2D eigenvalue weighted by Crippen LogP contribution is -2.34. The average molecular weight is 454 g/mol. The molecule has 0 aliphatic carbocycles. The summed E-state index contributed by atoms with van der Waals surface area (Å²) in [5.74, 6) is 0.113. The molecular formula is C28H27N3O3. The van der Waals surface area contributed by atoms with E-state index < -0.39 is 0 Å². The smallest absolute Gasteiger partial charge is 0.282 e. The molecule has 0 radical (unpaired) electrons. The van der Waals surface area contributed by atoms with Gasteiger partial charge < -0.3 is 14.5 Å². The van der Waals surface area contributed by atoms with Crippen LogP contribution in [0.1, 0.15) is 18.1 Å². The third-order valence-corrected chi connectivity index (χ3v) is 6.29. The molecule has 0 unspecified atom stereocenters. The van der Waals surface area contributed by atoms with E-state index in [9.17, 15) is 9.59 Å². The molecular weight excluding hydrogens is 426 g/mol. The van der Waals surface area contributed by atoms with E-state index in [2.05, 4.69) is 6.07 Å². The molecule has 5 rings (SSSR count). The maximum absolute atomic E-state index is 13.9. The number of fused-ring (bicyclic) bond motifs is 1. The van der Waals surface area contributed by atoms with Crippen molar-refractivity contribution in [2.45, 2.75) is 13.3 Å². The Morgan fingerprint density at radius 1 is 0.882 bits per heavy atom. The number of imide groups is 1. The fourth-order valence-electron chi connectivity index (χ4n) is 4.62. The zero-order chi connectivity index (χ0) is 23.8. The number of anilines is 3. The van der Waals surface area contributed by atoms with Crippen LogP contribution in [0.3, 0.4) is 0 Å². The van der Waals surface area contributed by atoms with Crippen molar-refractivity contribution in [2.24, 2.45) is 0 Å². The van der Waals surface area contributed by atoms with E-state index in [4.69, 9.17) is 4.74 Å². The van der Waals surface area contributed by atoms with Crippen molar-refractivity contribution in [3.63, 3.8) is 0 Å². The molecule has 0 saturated carbocycles. The summed E-state index contributed by atoms with van der Waals surface area (Å²) in [7, 11) is 3.91. The molecule has 172 valence electrons. The molecule has 0 atom stereocenters. The van der Waals surface area contributed by atoms with Crippen molar-refractivity contribution in [2.75, 3.05) is 41.9 Å². The van der Waals surface area contributed by atoms with Crippen LogP contribution in [0.5, 0.6) is 5.75 Å². The molecule has 34 heavy (non-hydrogen) atoms. The Bertz CT molecular complexity index is 1280. The SMILES string of the molecule is CCOc1ccc(C2=C(N3CCc4ccccc43)C(=O)N(c3ccc(N(C)C)cc3)C2=O)cc1. The lowest BCUT2D eigenvalue weighted by atomic mass is 10.0. The van der Waals surface area contributed by atoms with Gasteiger partial charge in [-0.05, 0) is 66.9 Å². The summed E-state index contributed by atoms with van der Waals surface area (Å²) in [6.45, 7) is 3.14. The summed E-state index contributed by atoms with van der Waals surface area (Å²) in [6.07, 6.45) is 0.829. The van der Waals surface area contributed by atoms with Gasteiger partial charge in [-0.25, -0.2) is 4.90 Å². The predicted octanol–water partition coefficient (Wildman–Crippen LogP) is 4.50. The minimum atomic E-state index is -0.314. The zero-order valence-electron chi connectivity index (χ0n) is 19.6. The molecule has 0 fully saturated rings. The first-order valence-electron chi connectivity index (χ1n) is 11.5. The van der Waals surface area contributed by atoms with Gasteiger partial charge in [-0.3, -0.25) is 9.59 Å². The van der Waals surface area contributed by atoms with E-state index in [1.165, 1.54) is 10.5 Å². The van der Waals surface area contributed by atoms with Gasteiger partial charge in [-0.1, -0.05) is 30.3 Å². The van der Waals surface area contributed by atoms with Gasteiger partial charge in [0, 0.05) is 32.0 Å². The van der Waals surface area contributed by atoms with Crippen LogP contribution < -0.4 is 19.4 Å². The van der Waals surface area contributed by atoms with Crippen LogP contribution in [0.25, 0.3) is 5.57 Å². The van der Waals surface area contributed by atoms with Crippen LogP contribution in [0.15, 0.2) is 78.5 Å². The van der Waals surface area contributed by atoms with E-state index in [1.54, 1.807) is 0 Å². The summed E-state index contributed by atoms with van der Waals surface area (Å²) in [5.41, 5.74) is 5.26. The fourth-order valence-corrected chi connectivity index (χ4v) is 4.62. The molecule has 2 heterocycles. The predicted molar refractivity (Wildman–Crippen MR) is 135 cm³/mol. The second-order valence-electron chi connectivity index (χ2n) is 8.57. The standard InChI is InChI=1S/C28H27N3O3/c1-4-34-23-15-9-20(10-16-23)25-26(30-18-17-19-7-5-6-8-24(19)30)28(33)31(27(25)32)22-13-11-21(12-14-22)29(2)3/h5-16H,4,17-18H2,1-3H3. The first-order chi connectivity index (χ1) is 16.5. The number of amides is 2. The van der Waals surface area contributed by atoms with Crippen molar-refractivity contribution in [3.05, 3.63) is 89.6 Å². The third kappa shape index (κ3) is 3.61. The van der Waals surface area contributed by atoms with Gasteiger partial charge in [0.1, 0.15) is 11.4 Å². The van der Waals surface area contributed by atoms with Crippen LogP contribution in [0.2, 0.25) is 0 Å². The van der Waals surface area contributed by atoms with Gasteiger partial charge in [0.25, 0.3) is 11.8 Å². The van der Waals surface area contributed by atoms with Crippen molar-refractivity contribution in [1.29, 1.82) is 0 Å². The molecule has 2 amide bonds. The highest BCUT2D eigenvalue weighted by molar-refractivity contribution is 6.46. The van der Waals surface area contributed by atoms with Crippen LogP contribution in [-0.4, -0.2) is 39.1 Å². The van der Waals surface area contributed by atoms with E-state index >= 15 is 0 Å². The van der Waals surface area contributed by atoms with Crippen LogP contribution in [0, 0.1) is 0 Å². The first-order valence-corrected chi connectivity index (χ1v) is 11.5. The highest BCUT2D eigenvalue weighted by Crippen LogP contribution is 2.40. The first kappa shape index (κ1) is 21.8. The van der Waals surface area contributed by atoms with Crippen molar-refractivity contribution < 1.29 is 14.3 Å². The lowest BCUT2D eigenvalue weighted by Gasteiger charge is -2.22. The topological polar surface area (TPSA) is 53.1 Å². The summed E-state index contributed by atoms with van der Waals surface area (Å²) in [4.78, 5) is 32.9. The highest BCUT2D eigenvalue weighted by Gasteiger charge is 2.44. The second-order valence-corrected chi connectivity index (χ2v) is 8.57. The number of benzene rings is 3. The minimum absolute atomic E-state index is 0.303. The molecule has 0 spiro atoms. The Labute approximate surface area is 199 Å². The Morgan fingerprint density at radius 3 is 2.26 bits per heavy atom. The van der Waals surface area contributed by atoms with Gasteiger partial charge in [-0.15, -0.1) is 0 Å². The molecule has 0 saturated heterocycles. The molecule has 3 aromatic rings. The number of carbonyl (C=O) groups excluding carboxylic acids is 2. The number of para-hydroxylation sites is 1. The van der Waals surface area contributed by atoms with E-state index in [-0.39, 0.29) is 11.8 Å². The summed E-state index contributed by atoms with van der Waals surface area (Å²) < 4.78 is 5.57. The molecule has 3 aromatic carbocycles. The third-order valence-electron chi connectivity index (χ3n) is 6.29. The fraction of sp³-hybridized carbons (Fsp3) is 0.214. The van der Waals surface area contributed by atoms with E-state index in [1.807, 2.05) is 97.5 Å². The Hall–Kier alpha value is -4.06. The quantitative estimate of drug-likeness (QED) is 0.515. The maximum Gasteiger partial charge on any atom is 0.282 e. The molecule has 0 N–H and O–H groups in total. The average Bonchev–Trinajstić information content (AvgIpc) is 3.38. The Balaban J connectivity index is 1.61. The maximum atomic E-state index is 13.9. The van der Waals surface area contributed by atoms with Crippen LogP contribution >= 0.6 is 0 Å². The molecule has 6 heteroatoms. The number of nitrogens with zero attached hydrogens (tertiary/aromatic N) is 3. The number of hydrogen-bond donors (Lipinski definition) is 0. The largest absolute Gasteiger partial charge is 0.494 e. The van der Waals surface area contributed by atoms with Gasteiger partial charge >= 0.3 is 0 Å². The number of hydrogen-bond acceptors (Lipinski definition) is 5. The molecule has 0 aromatic heterocycles. The number of carbonyl (C=O) groups is 2. The second kappa shape index (κ2) is 8.71. The van der Waals surface area contributed by atoms with Crippen molar-refractivity contribution in [1.82, 2.24) is 0 Å². The number of rotatable bonds is 6. The van der Waals surface area contributed by atoms with Crippen LogP contribution in [0.4, 0.5) is 17.1 Å². The van der Waals surface area contributed by atoms with Gasteiger partial charge in [0.15, 0.2) is 0 Å². The van der Waals surface area contributed by atoms with Crippen molar-refractivity contribution >= 4 is 34.4 Å². The lowest BCUT2D eigenvalue weighted by molar-refractivity contribution is -0.120. The van der Waals surface area contributed by atoms with E-state index in [0.29, 0.717) is 35.7 Å². The van der Waals surface area contributed by atoms with E-state index in [0.717, 1.165) is 23.5 Å². The van der Waals surface area contributed by atoms with Gasteiger partial charge in [-0.2, -0.15) is 0 Å². The molecule has 2 aliphatic heterocycles. The van der Waals surface area contributed by atoms with Gasteiger partial charge in [0.05, 0.1) is 17.9 Å². The van der Waals surface area contributed by atoms with Gasteiger partial charge in [0.2, 0.25) is 0 Å². The highest BCUT2D eigenvalue weighted by atomic mass is 16.5.